The molecule has 0 amide bonds. The van der Waals surface area contributed by atoms with Crippen LogP contribution in [0.3, 0.4) is 0 Å². The molecule has 1 aliphatic heterocycles. The van der Waals surface area contributed by atoms with Gasteiger partial charge in [-0.25, -0.2) is 9.79 Å². The molecule has 2 aromatic heterocycles. The molecule has 1 aliphatic rings. The highest BCUT2D eigenvalue weighted by molar-refractivity contribution is 7.11. The van der Waals surface area contributed by atoms with Gasteiger partial charge in [-0.3, -0.25) is 14.2 Å². The maximum atomic E-state index is 13.5. The van der Waals surface area contributed by atoms with E-state index in [1.54, 1.807) is 31.2 Å². The van der Waals surface area contributed by atoms with E-state index in [2.05, 4.69) is 11.6 Å². The highest BCUT2D eigenvalue weighted by Gasteiger charge is 2.33. The van der Waals surface area contributed by atoms with Crippen LogP contribution in [0.2, 0.25) is 0 Å². The number of hydrogen-bond donors (Lipinski definition) is 0. The second-order valence-corrected chi connectivity index (χ2v) is 9.14. The molecule has 4 rings (SSSR count). The number of nitrogens with zero attached hydrogens (tertiary/aromatic N) is 2. The molecule has 0 N–H and O–H groups in total. The molecule has 3 heterocycles. The average Bonchev–Trinajstić information content (AvgIpc) is 3.39. The van der Waals surface area contributed by atoms with Crippen LogP contribution in [0.4, 0.5) is 0 Å². The number of benzene rings is 1. The molecule has 0 spiro atoms. The summed E-state index contributed by atoms with van der Waals surface area (Å²) in [6.45, 7) is 6.66. The maximum absolute atomic E-state index is 13.5. The van der Waals surface area contributed by atoms with Crippen molar-refractivity contribution in [3.63, 3.8) is 0 Å². The van der Waals surface area contributed by atoms with Gasteiger partial charge in [-0.15, -0.1) is 11.3 Å². The van der Waals surface area contributed by atoms with Gasteiger partial charge in [-0.2, -0.15) is 0 Å². The third-order valence-electron chi connectivity index (χ3n) is 4.85. The lowest BCUT2D eigenvalue weighted by Gasteiger charge is -2.24. The van der Waals surface area contributed by atoms with Crippen molar-refractivity contribution < 1.29 is 19.1 Å². The fourth-order valence-electron chi connectivity index (χ4n) is 3.50. The Kier molecular flexibility index (Phi) is 6.52. The van der Waals surface area contributed by atoms with Gasteiger partial charge in [0.25, 0.3) is 5.56 Å². The number of rotatable bonds is 6. The molecule has 3 aromatic rings. The topological polar surface area (TPSA) is 87.0 Å². The number of hydrogen-bond acceptors (Lipinski definition) is 8. The first-order chi connectivity index (χ1) is 15.9. The standard InChI is InChI=1S/C24H20N2O5S2/c1-4-11-30-23(29)20-14(2)25-24-26(22(28)19(33-24)13-18-6-5-12-32-18)21(20)16-7-9-17(10-8-16)31-15(3)27/h4-10,12-13,21H,1,11H2,2-3H3/b19-13-/t21-/m1/s1. The SMILES string of the molecule is C=CCOC(=O)C1=C(C)N=c2s/c(=C\c3cccs3)c(=O)n2[C@@H]1c1ccc(OC(C)=O)cc1. The van der Waals surface area contributed by atoms with Crippen LogP contribution in [-0.4, -0.2) is 23.1 Å². The molecule has 0 aliphatic carbocycles. The van der Waals surface area contributed by atoms with Crippen LogP contribution in [0.5, 0.6) is 5.75 Å². The van der Waals surface area contributed by atoms with E-state index in [-0.39, 0.29) is 17.7 Å². The van der Waals surface area contributed by atoms with Crippen molar-refractivity contribution in [1.82, 2.24) is 4.57 Å². The zero-order chi connectivity index (χ0) is 23.5. The van der Waals surface area contributed by atoms with Gasteiger partial charge in [0.05, 0.1) is 21.8 Å². The maximum Gasteiger partial charge on any atom is 0.338 e. The summed E-state index contributed by atoms with van der Waals surface area (Å²) in [4.78, 5) is 43.7. The molecular formula is C24H20N2O5S2. The van der Waals surface area contributed by atoms with Crippen LogP contribution in [0, 0.1) is 0 Å². The summed E-state index contributed by atoms with van der Waals surface area (Å²) in [6.07, 6.45) is 3.30. The summed E-state index contributed by atoms with van der Waals surface area (Å²) < 4.78 is 12.5. The van der Waals surface area contributed by atoms with Crippen LogP contribution in [-0.2, 0) is 14.3 Å². The summed E-state index contributed by atoms with van der Waals surface area (Å²) in [5.41, 5.74) is 1.16. The number of esters is 2. The molecule has 168 valence electrons. The number of ether oxygens (including phenoxy) is 2. The Balaban J connectivity index is 1.89. The van der Waals surface area contributed by atoms with E-state index in [0.29, 0.717) is 26.3 Å². The van der Waals surface area contributed by atoms with Crippen LogP contribution in [0.25, 0.3) is 6.08 Å². The molecule has 0 bridgehead atoms. The molecule has 9 heteroatoms. The van der Waals surface area contributed by atoms with Gasteiger partial charge in [0.15, 0.2) is 4.80 Å². The summed E-state index contributed by atoms with van der Waals surface area (Å²) in [5.74, 6) is -0.640. The summed E-state index contributed by atoms with van der Waals surface area (Å²) in [6, 6.07) is 9.80. The quantitative estimate of drug-likeness (QED) is 0.308. The van der Waals surface area contributed by atoms with Crippen molar-refractivity contribution in [3.05, 3.63) is 95.8 Å². The number of aromatic nitrogens is 1. The van der Waals surface area contributed by atoms with Gasteiger partial charge < -0.3 is 9.47 Å². The normalized spacial score (nSPS) is 15.6. The zero-order valence-electron chi connectivity index (χ0n) is 17.9. The summed E-state index contributed by atoms with van der Waals surface area (Å²) >= 11 is 2.80. The smallest absolute Gasteiger partial charge is 0.338 e. The van der Waals surface area contributed by atoms with E-state index >= 15 is 0 Å². The predicted octanol–water partition coefficient (Wildman–Crippen LogP) is 2.95. The van der Waals surface area contributed by atoms with Crippen molar-refractivity contribution >= 4 is 40.7 Å². The number of thiophene rings is 1. The Hall–Kier alpha value is -3.56. The molecule has 1 aromatic carbocycles. The molecule has 7 nitrogen and oxygen atoms in total. The minimum Gasteiger partial charge on any atom is -0.458 e. The second kappa shape index (κ2) is 9.51. The fourth-order valence-corrected chi connectivity index (χ4v) is 5.27. The average molecular weight is 481 g/mol. The van der Waals surface area contributed by atoms with Crippen molar-refractivity contribution in [1.29, 1.82) is 0 Å². The van der Waals surface area contributed by atoms with E-state index < -0.39 is 18.0 Å². The lowest BCUT2D eigenvalue weighted by atomic mass is 9.96. The van der Waals surface area contributed by atoms with E-state index in [0.717, 1.165) is 4.88 Å². The lowest BCUT2D eigenvalue weighted by molar-refractivity contribution is -0.138. The van der Waals surface area contributed by atoms with E-state index in [4.69, 9.17) is 9.47 Å². The van der Waals surface area contributed by atoms with Crippen molar-refractivity contribution in [2.45, 2.75) is 19.9 Å². The van der Waals surface area contributed by atoms with E-state index in [1.807, 2.05) is 23.6 Å². The number of carbonyl (C=O) groups is 2. The van der Waals surface area contributed by atoms with E-state index in [9.17, 15) is 14.4 Å². The van der Waals surface area contributed by atoms with Gasteiger partial charge in [0, 0.05) is 11.8 Å². The van der Waals surface area contributed by atoms with Crippen molar-refractivity contribution in [2.24, 2.45) is 4.99 Å². The number of fused-ring (bicyclic) bond motifs is 1. The first-order valence-electron chi connectivity index (χ1n) is 10.0. The second-order valence-electron chi connectivity index (χ2n) is 7.15. The number of allylic oxidation sites excluding steroid dienone is 1. The van der Waals surface area contributed by atoms with Gasteiger partial charge in [0.1, 0.15) is 12.4 Å². The monoisotopic (exact) mass is 480 g/mol. The highest BCUT2D eigenvalue weighted by atomic mass is 32.1. The molecule has 33 heavy (non-hydrogen) atoms. The molecule has 0 unspecified atom stereocenters. The van der Waals surface area contributed by atoms with Crippen molar-refractivity contribution in [2.75, 3.05) is 6.61 Å². The fraction of sp³-hybridized carbons (Fsp3) is 0.167. The Morgan fingerprint density at radius 2 is 2.00 bits per heavy atom. The van der Waals surface area contributed by atoms with Crippen molar-refractivity contribution in [3.8, 4) is 5.75 Å². The molecule has 1 atom stereocenters. The van der Waals surface area contributed by atoms with E-state index in [1.165, 1.54) is 40.2 Å². The number of carbonyl (C=O) groups excluding carboxylic acids is 2. The molecule has 0 saturated carbocycles. The molecule has 0 radical (unpaired) electrons. The lowest BCUT2D eigenvalue weighted by Crippen LogP contribution is -2.39. The van der Waals surface area contributed by atoms with Gasteiger partial charge in [0.2, 0.25) is 0 Å². The zero-order valence-corrected chi connectivity index (χ0v) is 19.6. The largest absolute Gasteiger partial charge is 0.458 e. The Morgan fingerprint density at radius 1 is 1.24 bits per heavy atom. The highest BCUT2D eigenvalue weighted by Crippen LogP contribution is 2.31. The first kappa shape index (κ1) is 22.6. The first-order valence-corrected chi connectivity index (χ1v) is 11.7. The third kappa shape index (κ3) is 4.64. The molecule has 0 saturated heterocycles. The van der Waals surface area contributed by atoms with Gasteiger partial charge in [-0.1, -0.05) is 42.2 Å². The molecule has 0 fully saturated rings. The van der Waals surface area contributed by atoms with Gasteiger partial charge >= 0.3 is 11.9 Å². The minimum atomic E-state index is -0.740. The molecular weight excluding hydrogens is 460 g/mol. The minimum absolute atomic E-state index is 0.0382. The van der Waals surface area contributed by atoms with Crippen LogP contribution >= 0.6 is 22.7 Å². The Labute approximate surface area is 197 Å². The van der Waals surface area contributed by atoms with Gasteiger partial charge in [-0.05, 0) is 42.1 Å². The Morgan fingerprint density at radius 3 is 2.64 bits per heavy atom. The summed E-state index contributed by atoms with van der Waals surface area (Å²) in [5, 5.41) is 1.94. The number of thiazole rings is 1. The van der Waals surface area contributed by atoms with Crippen LogP contribution in [0.1, 0.15) is 30.3 Å². The Bertz CT molecular complexity index is 1430. The third-order valence-corrected chi connectivity index (χ3v) is 6.65. The van der Waals surface area contributed by atoms with Crippen LogP contribution in [0.15, 0.2) is 75.5 Å². The predicted molar refractivity (Wildman–Crippen MR) is 127 cm³/mol. The van der Waals surface area contributed by atoms with Crippen LogP contribution < -0.4 is 19.6 Å². The summed E-state index contributed by atoms with van der Waals surface area (Å²) in [7, 11) is 0.